The van der Waals surface area contributed by atoms with Crippen LogP contribution in [0.2, 0.25) is 0 Å². The fourth-order valence-electron chi connectivity index (χ4n) is 1.41. The standard InChI is InChI=1S/C14H27NO5S/c1-9(2)21-7-6-10(11(16)12(17)18)15-8-20-13(19)14(3,4)5/h9-11,15-16H,6-8H2,1-5H3,(H,17,18)/t10-,11+/m1/s1. The molecule has 0 unspecified atom stereocenters. The fourth-order valence-corrected chi connectivity index (χ4v) is 2.27. The van der Waals surface area contributed by atoms with Crippen molar-refractivity contribution in [1.29, 1.82) is 0 Å². The first kappa shape index (κ1) is 20.2. The van der Waals surface area contributed by atoms with E-state index in [1.54, 1.807) is 32.5 Å². The van der Waals surface area contributed by atoms with Crippen molar-refractivity contribution in [1.82, 2.24) is 5.32 Å². The van der Waals surface area contributed by atoms with Gasteiger partial charge >= 0.3 is 11.9 Å². The highest BCUT2D eigenvalue weighted by atomic mass is 32.2. The predicted octanol–water partition coefficient (Wildman–Crippen LogP) is 1.47. The first-order valence-electron chi connectivity index (χ1n) is 6.98. The van der Waals surface area contributed by atoms with Crippen LogP contribution in [-0.2, 0) is 14.3 Å². The van der Waals surface area contributed by atoms with Gasteiger partial charge < -0.3 is 14.9 Å². The number of ether oxygens (including phenoxy) is 1. The van der Waals surface area contributed by atoms with Gasteiger partial charge in [-0.25, -0.2) is 4.79 Å². The molecule has 7 heteroatoms. The lowest BCUT2D eigenvalue weighted by Gasteiger charge is -2.23. The van der Waals surface area contributed by atoms with Gasteiger partial charge in [0.15, 0.2) is 6.10 Å². The maximum absolute atomic E-state index is 11.6. The predicted molar refractivity (Wildman–Crippen MR) is 83.2 cm³/mol. The summed E-state index contributed by atoms with van der Waals surface area (Å²) in [5.41, 5.74) is -0.615. The average molecular weight is 321 g/mol. The lowest BCUT2D eigenvalue weighted by Crippen LogP contribution is -2.46. The van der Waals surface area contributed by atoms with Crippen molar-refractivity contribution in [3.8, 4) is 0 Å². The number of carbonyl (C=O) groups excluding carboxylic acids is 1. The van der Waals surface area contributed by atoms with Crippen LogP contribution in [0.3, 0.4) is 0 Å². The molecule has 0 aromatic carbocycles. The molecule has 124 valence electrons. The van der Waals surface area contributed by atoms with E-state index in [1.807, 2.05) is 13.8 Å². The Morgan fingerprint density at radius 2 is 1.86 bits per heavy atom. The quantitative estimate of drug-likeness (QED) is 0.437. The number of hydrogen-bond donors (Lipinski definition) is 3. The van der Waals surface area contributed by atoms with Crippen molar-refractivity contribution >= 4 is 23.7 Å². The van der Waals surface area contributed by atoms with Gasteiger partial charge in [-0.3, -0.25) is 10.1 Å². The molecule has 0 radical (unpaired) electrons. The van der Waals surface area contributed by atoms with Gasteiger partial charge in [0.05, 0.1) is 5.41 Å². The van der Waals surface area contributed by atoms with Crippen molar-refractivity contribution in [2.24, 2.45) is 5.41 Å². The highest BCUT2D eigenvalue weighted by molar-refractivity contribution is 7.99. The summed E-state index contributed by atoms with van der Waals surface area (Å²) < 4.78 is 5.03. The van der Waals surface area contributed by atoms with E-state index in [0.717, 1.165) is 0 Å². The fraction of sp³-hybridized carbons (Fsp3) is 0.857. The zero-order valence-electron chi connectivity index (χ0n) is 13.4. The monoisotopic (exact) mass is 321 g/mol. The lowest BCUT2D eigenvalue weighted by molar-refractivity contribution is -0.155. The smallest absolute Gasteiger partial charge is 0.334 e. The van der Waals surface area contributed by atoms with Crippen LogP contribution < -0.4 is 5.32 Å². The Morgan fingerprint density at radius 3 is 2.29 bits per heavy atom. The molecule has 0 amide bonds. The van der Waals surface area contributed by atoms with E-state index in [1.165, 1.54) is 0 Å². The molecule has 0 saturated heterocycles. The number of aliphatic hydroxyl groups is 1. The maximum atomic E-state index is 11.6. The van der Waals surface area contributed by atoms with Crippen molar-refractivity contribution in [3.05, 3.63) is 0 Å². The molecule has 0 aromatic heterocycles. The van der Waals surface area contributed by atoms with Gasteiger partial charge in [-0.1, -0.05) is 13.8 Å². The number of thioether (sulfide) groups is 1. The Kier molecular flexibility index (Phi) is 8.92. The number of aliphatic carboxylic acids is 1. The van der Waals surface area contributed by atoms with Gasteiger partial charge in [0.25, 0.3) is 0 Å². The third-order valence-corrected chi connectivity index (χ3v) is 3.81. The normalized spacial score (nSPS) is 14.8. The second-order valence-corrected chi connectivity index (χ2v) is 7.81. The number of nitrogens with one attached hydrogen (secondary N) is 1. The number of carboxylic acid groups (broad SMARTS) is 1. The largest absolute Gasteiger partial charge is 0.479 e. The molecule has 0 saturated carbocycles. The summed E-state index contributed by atoms with van der Waals surface area (Å²) in [4.78, 5) is 22.5. The van der Waals surface area contributed by atoms with Crippen LogP contribution in [0.25, 0.3) is 0 Å². The molecule has 0 aliphatic heterocycles. The summed E-state index contributed by atoms with van der Waals surface area (Å²) in [5.74, 6) is -0.952. The van der Waals surface area contributed by atoms with Crippen molar-refractivity contribution in [2.45, 2.75) is 58.4 Å². The zero-order valence-corrected chi connectivity index (χ0v) is 14.2. The molecular weight excluding hydrogens is 294 g/mol. The third kappa shape index (κ3) is 8.95. The first-order chi connectivity index (χ1) is 9.55. The SMILES string of the molecule is CC(C)SCC[C@@H](NCOC(=O)C(C)(C)C)[C@H](O)C(=O)O. The van der Waals surface area contributed by atoms with Crippen LogP contribution in [0, 0.1) is 5.41 Å². The number of rotatable bonds is 9. The van der Waals surface area contributed by atoms with Crippen LogP contribution in [0.5, 0.6) is 0 Å². The van der Waals surface area contributed by atoms with E-state index in [4.69, 9.17) is 9.84 Å². The Morgan fingerprint density at radius 1 is 1.29 bits per heavy atom. The topological polar surface area (TPSA) is 95.9 Å². The van der Waals surface area contributed by atoms with Gasteiger partial charge in [-0.05, 0) is 38.2 Å². The van der Waals surface area contributed by atoms with E-state index in [2.05, 4.69) is 5.32 Å². The number of aliphatic hydroxyl groups excluding tert-OH is 1. The molecule has 0 spiro atoms. The maximum Gasteiger partial charge on any atom is 0.334 e. The van der Waals surface area contributed by atoms with E-state index < -0.39 is 23.5 Å². The van der Waals surface area contributed by atoms with Crippen LogP contribution in [0.4, 0.5) is 0 Å². The average Bonchev–Trinajstić information content (AvgIpc) is 2.34. The van der Waals surface area contributed by atoms with Crippen molar-refractivity contribution in [2.75, 3.05) is 12.5 Å². The van der Waals surface area contributed by atoms with Gasteiger partial charge in [-0.2, -0.15) is 11.8 Å². The first-order valence-corrected chi connectivity index (χ1v) is 8.03. The van der Waals surface area contributed by atoms with Crippen LogP contribution in [0.15, 0.2) is 0 Å². The van der Waals surface area contributed by atoms with Crippen LogP contribution in [-0.4, -0.2) is 52.0 Å². The summed E-state index contributed by atoms with van der Waals surface area (Å²) in [5, 5.41) is 21.8. The van der Waals surface area contributed by atoms with Crippen LogP contribution in [0.1, 0.15) is 41.0 Å². The number of esters is 1. The minimum absolute atomic E-state index is 0.114. The summed E-state index contributed by atoms with van der Waals surface area (Å²) in [6.45, 7) is 9.18. The van der Waals surface area contributed by atoms with Gasteiger partial charge in [0, 0.05) is 6.04 Å². The molecule has 0 heterocycles. The molecule has 6 nitrogen and oxygen atoms in total. The minimum Gasteiger partial charge on any atom is -0.479 e. The molecule has 0 aliphatic rings. The molecule has 0 fully saturated rings. The number of carboxylic acids is 1. The van der Waals surface area contributed by atoms with Crippen molar-refractivity contribution in [3.63, 3.8) is 0 Å². The summed E-state index contributed by atoms with van der Waals surface area (Å²) >= 11 is 1.68. The Bertz CT molecular complexity index is 341. The minimum atomic E-state index is -1.52. The number of hydrogen-bond acceptors (Lipinski definition) is 6. The second kappa shape index (κ2) is 9.27. The van der Waals surface area contributed by atoms with Gasteiger partial charge in [-0.15, -0.1) is 0 Å². The zero-order chi connectivity index (χ0) is 16.6. The summed E-state index contributed by atoms with van der Waals surface area (Å²) in [7, 11) is 0. The lowest BCUT2D eigenvalue weighted by atomic mass is 9.98. The second-order valence-electron chi connectivity index (χ2n) is 6.13. The molecule has 0 aliphatic carbocycles. The van der Waals surface area contributed by atoms with E-state index in [9.17, 15) is 14.7 Å². The molecule has 21 heavy (non-hydrogen) atoms. The summed E-state index contributed by atoms with van der Waals surface area (Å²) in [6, 6.07) is -0.651. The Balaban J connectivity index is 4.34. The van der Waals surface area contributed by atoms with Crippen LogP contribution >= 0.6 is 11.8 Å². The summed E-state index contributed by atoms with van der Waals surface area (Å²) in [6.07, 6.45) is -1.05. The van der Waals surface area contributed by atoms with E-state index in [-0.39, 0.29) is 12.7 Å². The van der Waals surface area contributed by atoms with Crippen molar-refractivity contribution < 1.29 is 24.5 Å². The van der Waals surface area contributed by atoms with Gasteiger partial charge in [0.2, 0.25) is 0 Å². The van der Waals surface area contributed by atoms with E-state index >= 15 is 0 Å². The Hall–Kier alpha value is -0.790. The molecular formula is C14H27NO5S. The highest BCUT2D eigenvalue weighted by Crippen LogP contribution is 2.15. The van der Waals surface area contributed by atoms with E-state index in [0.29, 0.717) is 17.4 Å². The molecule has 2 atom stereocenters. The number of carbonyl (C=O) groups is 2. The highest BCUT2D eigenvalue weighted by Gasteiger charge is 2.27. The molecule has 0 rings (SSSR count). The van der Waals surface area contributed by atoms with Gasteiger partial charge in [0.1, 0.15) is 6.73 Å². The third-order valence-electron chi connectivity index (χ3n) is 2.68. The Labute approximate surface area is 130 Å². The molecule has 3 N–H and O–H groups in total. The molecule has 0 aromatic rings. The molecule has 0 bridgehead atoms.